The van der Waals surface area contributed by atoms with Gasteiger partial charge in [0, 0.05) is 0 Å². The molecule has 0 spiro atoms. The third-order valence-corrected chi connectivity index (χ3v) is 2.75. The summed E-state index contributed by atoms with van der Waals surface area (Å²) >= 11 is 0. The molecule has 13 heavy (non-hydrogen) atoms. The Morgan fingerprint density at radius 3 is 2.54 bits per heavy atom. The van der Waals surface area contributed by atoms with Gasteiger partial charge in [-0.15, -0.1) is 0 Å². The van der Waals surface area contributed by atoms with Gasteiger partial charge in [0.1, 0.15) is 18.0 Å². The number of benzene rings is 1. The average Bonchev–Trinajstić information content (AvgIpc) is 2.58. The molecule has 2 heteroatoms. The number of hydrogen-bond acceptors (Lipinski definition) is 2. The molecule has 0 heterocycles. The van der Waals surface area contributed by atoms with E-state index in [4.69, 9.17) is 0 Å². The molecule has 1 aromatic rings. The Labute approximate surface area is 76.6 Å². The minimum Gasteiger partial charge on any atom is -0.302 e. The van der Waals surface area contributed by atoms with Crippen molar-refractivity contribution in [3.63, 3.8) is 0 Å². The van der Waals surface area contributed by atoms with E-state index >= 15 is 0 Å². The lowest BCUT2D eigenvalue weighted by Gasteiger charge is -2.14. The Bertz CT molecular complexity index is 347. The van der Waals surface area contributed by atoms with Crippen LogP contribution in [0, 0.1) is 0 Å². The molecule has 0 N–H and O–H groups in total. The SMILES string of the molecule is O=CC1(C=O)CCc2ccccc21. The molecule has 0 amide bonds. The first-order chi connectivity index (χ1) is 6.32. The predicted molar refractivity (Wildman–Crippen MR) is 48.6 cm³/mol. The Morgan fingerprint density at radius 2 is 1.85 bits per heavy atom. The summed E-state index contributed by atoms with van der Waals surface area (Å²) in [5.41, 5.74) is 1.16. The van der Waals surface area contributed by atoms with Gasteiger partial charge in [-0.25, -0.2) is 0 Å². The summed E-state index contributed by atoms with van der Waals surface area (Å²) in [6.45, 7) is 0. The minimum atomic E-state index is -0.851. The van der Waals surface area contributed by atoms with Crippen LogP contribution in [0.3, 0.4) is 0 Å². The minimum absolute atomic E-state index is 0.624. The molecule has 0 unspecified atom stereocenters. The first-order valence-electron chi connectivity index (χ1n) is 4.33. The smallest absolute Gasteiger partial charge is 0.137 e. The zero-order chi connectivity index (χ0) is 9.31. The van der Waals surface area contributed by atoms with Crippen molar-refractivity contribution in [1.82, 2.24) is 0 Å². The van der Waals surface area contributed by atoms with Crippen LogP contribution < -0.4 is 0 Å². The van der Waals surface area contributed by atoms with E-state index < -0.39 is 5.41 Å². The molecule has 1 aliphatic rings. The second-order valence-electron chi connectivity index (χ2n) is 3.43. The van der Waals surface area contributed by atoms with Crippen molar-refractivity contribution in [3.05, 3.63) is 35.4 Å². The van der Waals surface area contributed by atoms with Crippen LogP contribution in [0.25, 0.3) is 0 Å². The molecule has 0 fully saturated rings. The first-order valence-corrected chi connectivity index (χ1v) is 4.33. The third-order valence-electron chi connectivity index (χ3n) is 2.75. The Kier molecular flexibility index (Phi) is 1.76. The van der Waals surface area contributed by atoms with Crippen LogP contribution in [-0.4, -0.2) is 12.6 Å². The molecule has 0 aromatic heterocycles. The maximum Gasteiger partial charge on any atom is 0.137 e. The fourth-order valence-electron chi connectivity index (χ4n) is 1.94. The summed E-state index contributed by atoms with van der Waals surface area (Å²) in [5.74, 6) is 0. The van der Waals surface area contributed by atoms with Gasteiger partial charge in [0.05, 0.1) is 0 Å². The summed E-state index contributed by atoms with van der Waals surface area (Å²) in [4.78, 5) is 21.8. The normalized spacial score (nSPS) is 17.8. The molecule has 2 nitrogen and oxygen atoms in total. The number of fused-ring (bicyclic) bond motifs is 1. The van der Waals surface area contributed by atoms with Gasteiger partial charge < -0.3 is 9.59 Å². The predicted octanol–water partition coefficient (Wildman–Crippen LogP) is 1.27. The molecule has 1 aliphatic carbocycles. The summed E-state index contributed by atoms with van der Waals surface area (Å²) in [5, 5.41) is 0. The third kappa shape index (κ3) is 1.02. The van der Waals surface area contributed by atoms with Crippen LogP contribution in [0.1, 0.15) is 17.5 Å². The van der Waals surface area contributed by atoms with Crippen molar-refractivity contribution in [1.29, 1.82) is 0 Å². The van der Waals surface area contributed by atoms with Gasteiger partial charge in [-0.3, -0.25) is 0 Å². The Hall–Kier alpha value is -1.44. The van der Waals surface area contributed by atoms with Gasteiger partial charge in [-0.1, -0.05) is 24.3 Å². The van der Waals surface area contributed by atoms with Crippen molar-refractivity contribution >= 4 is 12.6 Å². The van der Waals surface area contributed by atoms with Gasteiger partial charge in [0.2, 0.25) is 0 Å². The van der Waals surface area contributed by atoms with Gasteiger partial charge >= 0.3 is 0 Å². The summed E-state index contributed by atoms with van der Waals surface area (Å²) in [7, 11) is 0. The highest BCUT2D eigenvalue weighted by Gasteiger charge is 2.37. The largest absolute Gasteiger partial charge is 0.302 e. The number of aldehydes is 2. The number of carbonyl (C=O) groups excluding carboxylic acids is 2. The molecule has 0 saturated heterocycles. The average molecular weight is 174 g/mol. The van der Waals surface area contributed by atoms with Crippen LogP contribution in [0.2, 0.25) is 0 Å². The topological polar surface area (TPSA) is 34.1 Å². The lowest BCUT2D eigenvalue weighted by atomic mass is 9.85. The Balaban J connectivity index is 2.59. The van der Waals surface area contributed by atoms with Crippen molar-refractivity contribution in [2.45, 2.75) is 18.3 Å². The molecule has 0 aliphatic heterocycles. The van der Waals surface area contributed by atoms with E-state index in [9.17, 15) is 9.59 Å². The lowest BCUT2D eigenvalue weighted by Crippen LogP contribution is -2.26. The molecule has 0 atom stereocenters. The van der Waals surface area contributed by atoms with E-state index in [1.807, 2.05) is 24.3 Å². The number of carbonyl (C=O) groups is 2. The first kappa shape index (κ1) is 8.17. The molecule has 2 rings (SSSR count). The molecule has 0 bridgehead atoms. The van der Waals surface area contributed by atoms with E-state index in [1.165, 1.54) is 0 Å². The summed E-state index contributed by atoms with van der Waals surface area (Å²) < 4.78 is 0. The fraction of sp³-hybridized carbons (Fsp3) is 0.273. The highest BCUT2D eigenvalue weighted by molar-refractivity contribution is 5.93. The van der Waals surface area contributed by atoms with Gasteiger partial charge in [0.25, 0.3) is 0 Å². The van der Waals surface area contributed by atoms with E-state index in [-0.39, 0.29) is 0 Å². The lowest BCUT2D eigenvalue weighted by molar-refractivity contribution is -0.121. The van der Waals surface area contributed by atoms with Gasteiger partial charge in [0.15, 0.2) is 0 Å². The number of aryl methyl sites for hydroxylation is 1. The van der Waals surface area contributed by atoms with E-state index in [2.05, 4.69) is 0 Å². The zero-order valence-electron chi connectivity index (χ0n) is 7.19. The van der Waals surface area contributed by atoms with Crippen LogP contribution >= 0.6 is 0 Å². The van der Waals surface area contributed by atoms with Gasteiger partial charge in [-0.05, 0) is 24.0 Å². The molecular formula is C11H10O2. The van der Waals surface area contributed by atoms with E-state index in [0.29, 0.717) is 6.42 Å². The fourth-order valence-corrected chi connectivity index (χ4v) is 1.94. The standard InChI is InChI=1S/C11H10O2/c12-7-11(8-13)6-5-9-3-1-2-4-10(9)11/h1-4,7-8H,5-6H2. The van der Waals surface area contributed by atoms with Crippen molar-refractivity contribution in [2.24, 2.45) is 0 Å². The molecule has 0 saturated carbocycles. The maximum absolute atomic E-state index is 10.9. The quantitative estimate of drug-likeness (QED) is 0.499. The van der Waals surface area contributed by atoms with Gasteiger partial charge in [-0.2, -0.15) is 0 Å². The molecule has 66 valence electrons. The second kappa shape index (κ2) is 2.80. The van der Waals surface area contributed by atoms with Crippen LogP contribution in [0.5, 0.6) is 0 Å². The van der Waals surface area contributed by atoms with Crippen molar-refractivity contribution in [3.8, 4) is 0 Å². The molecular weight excluding hydrogens is 164 g/mol. The van der Waals surface area contributed by atoms with Crippen LogP contribution in [0.15, 0.2) is 24.3 Å². The van der Waals surface area contributed by atoms with E-state index in [0.717, 1.165) is 30.1 Å². The number of hydrogen-bond donors (Lipinski definition) is 0. The van der Waals surface area contributed by atoms with Crippen molar-refractivity contribution in [2.75, 3.05) is 0 Å². The van der Waals surface area contributed by atoms with Crippen molar-refractivity contribution < 1.29 is 9.59 Å². The highest BCUT2D eigenvalue weighted by atomic mass is 16.1. The molecule has 0 radical (unpaired) electrons. The van der Waals surface area contributed by atoms with Crippen LogP contribution in [-0.2, 0) is 21.4 Å². The molecule has 1 aromatic carbocycles. The van der Waals surface area contributed by atoms with E-state index in [1.54, 1.807) is 0 Å². The summed E-state index contributed by atoms with van der Waals surface area (Å²) in [6, 6.07) is 7.64. The second-order valence-corrected chi connectivity index (χ2v) is 3.43. The summed E-state index contributed by atoms with van der Waals surface area (Å²) in [6.07, 6.45) is 2.99. The number of rotatable bonds is 2. The zero-order valence-corrected chi connectivity index (χ0v) is 7.19. The van der Waals surface area contributed by atoms with Crippen LogP contribution in [0.4, 0.5) is 0 Å². The highest BCUT2D eigenvalue weighted by Crippen LogP contribution is 2.35. The maximum atomic E-state index is 10.9. The monoisotopic (exact) mass is 174 g/mol. The Morgan fingerprint density at radius 1 is 1.15 bits per heavy atom.